The summed E-state index contributed by atoms with van der Waals surface area (Å²) in [5.74, 6) is -3.77. The molecule has 0 aliphatic heterocycles. The van der Waals surface area contributed by atoms with Crippen molar-refractivity contribution >= 4 is 11.9 Å². The molecular weight excluding hydrogens is 386 g/mol. The third kappa shape index (κ3) is 6.15. The molecule has 0 saturated heterocycles. The van der Waals surface area contributed by atoms with E-state index >= 15 is 0 Å². The number of hydrogen-bond acceptors (Lipinski definition) is 5. The SMILES string of the molecule is COc1cc(CNC(=O)COC(=O)c2cc(F)cc(F)c2)ccc1OC(F)F. The molecule has 0 bridgehead atoms. The van der Waals surface area contributed by atoms with Gasteiger partial charge in [-0.15, -0.1) is 0 Å². The number of amides is 1. The van der Waals surface area contributed by atoms with Gasteiger partial charge in [0.25, 0.3) is 5.91 Å². The van der Waals surface area contributed by atoms with Crippen LogP contribution in [0.5, 0.6) is 11.5 Å². The molecule has 10 heteroatoms. The van der Waals surface area contributed by atoms with Gasteiger partial charge in [0, 0.05) is 12.6 Å². The molecule has 1 amide bonds. The van der Waals surface area contributed by atoms with Gasteiger partial charge in [-0.25, -0.2) is 13.6 Å². The Balaban J connectivity index is 1.87. The highest BCUT2D eigenvalue weighted by Gasteiger charge is 2.14. The first-order valence-electron chi connectivity index (χ1n) is 7.80. The Hall–Kier alpha value is -3.30. The number of nitrogens with one attached hydrogen (secondary N) is 1. The number of methoxy groups -OCH3 is 1. The Kier molecular flexibility index (Phi) is 7.19. The van der Waals surface area contributed by atoms with Crippen LogP contribution in [0.2, 0.25) is 0 Å². The summed E-state index contributed by atoms with van der Waals surface area (Å²) in [4.78, 5) is 23.5. The highest BCUT2D eigenvalue weighted by Crippen LogP contribution is 2.29. The number of carbonyl (C=O) groups excluding carboxylic acids is 2. The van der Waals surface area contributed by atoms with Gasteiger partial charge in [-0.3, -0.25) is 4.79 Å². The van der Waals surface area contributed by atoms with Crippen molar-refractivity contribution in [3.63, 3.8) is 0 Å². The lowest BCUT2D eigenvalue weighted by atomic mass is 10.2. The lowest BCUT2D eigenvalue weighted by Crippen LogP contribution is -2.28. The van der Waals surface area contributed by atoms with Crippen molar-refractivity contribution in [1.82, 2.24) is 5.32 Å². The summed E-state index contributed by atoms with van der Waals surface area (Å²) in [7, 11) is 1.27. The van der Waals surface area contributed by atoms with E-state index in [1.165, 1.54) is 25.3 Å². The zero-order chi connectivity index (χ0) is 20.7. The zero-order valence-electron chi connectivity index (χ0n) is 14.5. The van der Waals surface area contributed by atoms with Crippen molar-refractivity contribution < 1.29 is 41.4 Å². The molecule has 0 aromatic heterocycles. The van der Waals surface area contributed by atoms with Gasteiger partial charge in [0.15, 0.2) is 18.1 Å². The predicted molar refractivity (Wildman–Crippen MR) is 88.1 cm³/mol. The maximum absolute atomic E-state index is 13.1. The topological polar surface area (TPSA) is 73.9 Å². The second-order valence-electron chi connectivity index (χ2n) is 5.37. The van der Waals surface area contributed by atoms with Crippen LogP contribution in [0.4, 0.5) is 17.6 Å². The van der Waals surface area contributed by atoms with Crippen LogP contribution in [0.15, 0.2) is 36.4 Å². The van der Waals surface area contributed by atoms with E-state index in [2.05, 4.69) is 14.8 Å². The molecule has 0 atom stereocenters. The third-order valence-electron chi connectivity index (χ3n) is 3.37. The quantitative estimate of drug-likeness (QED) is 0.544. The lowest BCUT2D eigenvalue weighted by Gasteiger charge is -2.12. The fraction of sp³-hybridized carbons (Fsp3) is 0.222. The fourth-order valence-electron chi connectivity index (χ4n) is 2.15. The number of ether oxygens (including phenoxy) is 3. The van der Waals surface area contributed by atoms with Gasteiger partial charge in [0.2, 0.25) is 0 Å². The van der Waals surface area contributed by atoms with E-state index in [9.17, 15) is 27.2 Å². The number of hydrogen-bond donors (Lipinski definition) is 1. The minimum absolute atomic E-state index is 0.0176. The van der Waals surface area contributed by atoms with Crippen LogP contribution in [-0.4, -0.2) is 32.2 Å². The molecular formula is C18H15F4NO5. The van der Waals surface area contributed by atoms with Gasteiger partial charge in [-0.05, 0) is 29.8 Å². The number of esters is 1. The standard InChI is InChI=1S/C18H15F4NO5/c1-26-15-4-10(2-3-14(15)28-18(21)22)8-23-16(24)9-27-17(25)11-5-12(19)7-13(20)6-11/h2-7,18H,8-9H2,1H3,(H,23,24). The summed E-state index contributed by atoms with van der Waals surface area (Å²) >= 11 is 0. The van der Waals surface area contributed by atoms with Crippen LogP contribution in [-0.2, 0) is 16.1 Å². The number of rotatable bonds is 8. The molecule has 0 heterocycles. The molecule has 0 spiro atoms. The van der Waals surface area contributed by atoms with Gasteiger partial charge >= 0.3 is 12.6 Å². The van der Waals surface area contributed by atoms with Crippen LogP contribution in [0.25, 0.3) is 0 Å². The first-order chi connectivity index (χ1) is 13.3. The van der Waals surface area contributed by atoms with Crippen molar-refractivity contribution in [2.45, 2.75) is 13.2 Å². The average Bonchev–Trinajstić information content (AvgIpc) is 2.64. The summed E-state index contributed by atoms with van der Waals surface area (Å²) in [5, 5.41) is 2.43. The maximum atomic E-state index is 13.1. The smallest absolute Gasteiger partial charge is 0.387 e. The summed E-state index contributed by atoms with van der Waals surface area (Å²) in [6.45, 7) is -3.71. The van der Waals surface area contributed by atoms with Crippen LogP contribution < -0.4 is 14.8 Å². The highest BCUT2D eigenvalue weighted by molar-refractivity contribution is 5.91. The number of alkyl halides is 2. The predicted octanol–water partition coefficient (Wildman–Crippen LogP) is 3.05. The zero-order valence-corrected chi connectivity index (χ0v) is 14.5. The second kappa shape index (κ2) is 9.58. The highest BCUT2D eigenvalue weighted by atomic mass is 19.3. The Morgan fingerprint density at radius 1 is 1.04 bits per heavy atom. The molecule has 1 N–H and O–H groups in total. The molecule has 6 nitrogen and oxygen atoms in total. The monoisotopic (exact) mass is 401 g/mol. The van der Waals surface area contributed by atoms with E-state index < -0.39 is 36.7 Å². The first kappa shape index (κ1) is 21.0. The molecule has 2 rings (SSSR count). The summed E-state index contributed by atoms with van der Waals surface area (Å²) in [6.07, 6.45) is 0. The number of carbonyl (C=O) groups is 2. The van der Waals surface area contributed by atoms with E-state index in [1.54, 1.807) is 0 Å². The van der Waals surface area contributed by atoms with Gasteiger partial charge in [0.05, 0.1) is 12.7 Å². The third-order valence-corrected chi connectivity index (χ3v) is 3.37. The van der Waals surface area contributed by atoms with Gasteiger partial charge in [-0.2, -0.15) is 8.78 Å². The van der Waals surface area contributed by atoms with Crippen molar-refractivity contribution in [3.8, 4) is 11.5 Å². The van der Waals surface area contributed by atoms with E-state index in [1.807, 2.05) is 0 Å². The van der Waals surface area contributed by atoms with E-state index in [0.717, 1.165) is 12.1 Å². The van der Waals surface area contributed by atoms with E-state index in [4.69, 9.17) is 4.74 Å². The van der Waals surface area contributed by atoms with Gasteiger partial charge < -0.3 is 19.5 Å². The molecule has 2 aromatic carbocycles. The van der Waals surface area contributed by atoms with Crippen LogP contribution in [0, 0.1) is 11.6 Å². The molecule has 150 valence electrons. The molecule has 0 aliphatic carbocycles. The van der Waals surface area contributed by atoms with Gasteiger partial charge in [-0.1, -0.05) is 6.07 Å². The summed E-state index contributed by atoms with van der Waals surface area (Å²) < 4.78 is 64.6. The van der Waals surface area contributed by atoms with Crippen molar-refractivity contribution in [2.24, 2.45) is 0 Å². The van der Waals surface area contributed by atoms with Crippen molar-refractivity contribution in [1.29, 1.82) is 0 Å². The molecule has 0 fully saturated rings. The average molecular weight is 401 g/mol. The van der Waals surface area contributed by atoms with Crippen molar-refractivity contribution in [3.05, 3.63) is 59.2 Å². The Bertz CT molecular complexity index is 840. The molecule has 0 saturated carbocycles. The van der Waals surface area contributed by atoms with Gasteiger partial charge in [0.1, 0.15) is 11.6 Å². The van der Waals surface area contributed by atoms with Crippen LogP contribution in [0.1, 0.15) is 15.9 Å². The Morgan fingerprint density at radius 2 is 1.71 bits per heavy atom. The molecule has 2 aromatic rings. The molecule has 0 aliphatic rings. The Morgan fingerprint density at radius 3 is 2.32 bits per heavy atom. The first-order valence-corrected chi connectivity index (χ1v) is 7.80. The maximum Gasteiger partial charge on any atom is 0.387 e. The largest absolute Gasteiger partial charge is 0.493 e. The molecule has 0 radical (unpaired) electrons. The minimum atomic E-state index is -3.01. The van der Waals surface area contributed by atoms with Crippen molar-refractivity contribution in [2.75, 3.05) is 13.7 Å². The van der Waals surface area contributed by atoms with Crippen LogP contribution in [0.3, 0.4) is 0 Å². The summed E-state index contributed by atoms with van der Waals surface area (Å²) in [6, 6.07) is 6.22. The van der Waals surface area contributed by atoms with E-state index in [0.29, 0.717) is 11.6 Å². The summed E-state index contributed by atoms with van der Waals surface area (Å²) in [5.41, 5.74) is 0.134. The minimum Gasteiger partial charge on any atom is -0.493 e. The second-order valence-corrected chi connectivity index (χ2v) is 5.37. The normalized spacial score (nSPS) is 10.5. The fourth-order valence-corrected chi connectivity index (χ4v) is 2.15. The number of benzene rings is 2. The lowest BCUT2D eigenvalue weighted by molar-refractivity contribution is -0.124. The van der Waals surface area contributed by atoms with E-state index in [-0.39, 0.29) is 23.6 Å². The molecule has 0 unspecified atom stereocenters. The van der Waals surface area contributed by atoms with Crippen LogP contribution >= 0.6 is 0 Å². The molecule has 28 heavy (non-hydrogen) atoms. The number of halogens is 4. The Labute approximate surface area is 157 Å².